The van der Waals surface area contributed by atoms with Crippen LogP contribution in [0.15, 0.2) is 6.20 Å². The monoisotopic (exact) mass is 299 g/mol. The van der Waals surface area contributed by atoms with Gasteiger partial charge in [-0.15, -0.1) is 0 Å². The highest BCUT2D eigenvalue weighted by molar-refractivity contribution is 6.09. The standard InChI is InChI=1S/C16H18FN5/c1-8-9(2)19-7-11-13(8)20-16(17)21-15(11)22-6-4-3-5-10-12(18)14(10)22/h7,10,14,18H,3-6H2,1-2H3/t10-,14?/m0/s1. The first-order chi connectivity index (χ1) is 10.6. The van der Waals surface area contributed by atoms with Gasteiger partial charge >= 0.3 is 6.08 Å². The summed E-state index contributed by atoms with van der Waals surface area (Å²) in [6.45, 7) is 4.61. The summed E-state index contributed by atoms with van der Waals surface area (Å²) >= 11 is 0. The Morgan fingerprint density at radius 2 is 2.09 bits per heavy atom. The summed E-state index contributed by atoms with van der Waals surface area (Å²) in [5.74, 6) is 0.910. The van der Waals surface area contributed by atoms with Gasteiger partial charge in [-0.1, -0.05) is 6.42 Å². The Hall–Kier alpha value is -2.11. The molecule has 4 rings (SSSR count). The van der Waals surface area contributed by atoms with Crippen LogP contribution in [0.4, 0.5) is 10.2 Å². The van der Waals surface area contributed by atoms with Gasteiger partial charge in [0.05, 0.1) is 16.9 Å². The molecule has 1 saturated heterocycles. The van der Waals surface area contributed by atoms with Crippen LogP contribution >= 0.6 is 0 Å². The Morgan fingerprint density at radius 3 is 2.91 bits per heavy atom. The van der Waals surface area contributed by atoms with Crippen LogP contribution in [-0.2, 0) is 0 Å². The Bertz CT molecular complexity index is 788. The first kappa shape index (κ1) is 13.5. The van der Waals surface area contributed by atoms with E-state index < -0.39 is 6.08 Å². The van der Waals surface area contributed by atoms with E-state index >= 15 is 0 Å². The van der Waals surface area contributed by atoms with E-state index in [9.17, 15) is 4.39 Å². The van der Waals surface area contributed by atoms with E-state index in [1.807, 2.05) is 13.8 Å². The summed E-state index contributed by atoms with van der Waals surface area (Å²) in [6.07, 6.45) is 4.25. The molecular weight excluding hydrogens is 281 g/mol. The molecule has 2 atom stereocenters. The van der Waals surface area contributed by atoms with Crippen molar-refractivity contribution in [2.24, 2.45) is 5.92 Å². The molecule has 1 saturated carbocycles. The summed E-state index contributed by atoms with van der Waals surface area (Å²) in [7, 11) is 0. The minimum Gasteiger partial charge on any atom is -0.347 e. The molecule has 6 heteroatoms. The third-order valence-corrected chi connectivity index (χ3v) is 4.95. The number of hydrogen-bond acceptors (Lipinski definition) is 5. The third kappa shape index (κ3) is 1.90. The fourth-order valence-electron chi connectivity index (χ4n) is 3.51. The van der Waals surface area contributed by atoms with E-state index in [-0.39, 0.29) is 6.04 Å². The number of aryl methyl sites for hydroxylation is 2. The SMILES string of the molecule is Cc1ncc2c(N3CCCC[C@H]4C(=N)C43)nc(F)nc2c1C. The summed E-state index contributed by atoms with van der Waals surface area (Å²) in [5, 5.41) is 8.87. The minimum absolute atomic E-state index is 0.0848. The molecule has 0 radical (unpaired) electrons. The molecule has 5 nitrogen and oxygen atoms in total. The molecular formula is C16H18FN5. The molecule has 114 valence electrons. The van der Waals surface area contributed by atoms with Gasteiger partial charge in [0.1, 0.15) is 5.82 Å². The number of fused-ring (bicyclic) bond motifs is 2. The van der Waals surface area contributed by atoms with Crippen molar-refractivity contribution in [3.63, 3.8) is 0 Å². The van der Waals surface area contributed by atoms with Gasteiger partial charge in [-0.25, -0.2) is 4.98 Å². The molecule has 0 bridgehead atoms. The first-order valence-electron chi connectivity index (χ1n) is 7.72. The lowest BCUT2D eigenvalue weighted by Crippen LogP contribution is -2.29. The fraction of sp³-hybridized carbons (Fsp3) is 0.500. The number of nitrogens with one attached hydrogen (secondary N) is 1. The molecule has 22 heavy (non-hydrogen) atoms. The zero-order valence-electron chi connectivity index (χ0n) is 12.7. The van der Waals surface area contributed by atoms with E-state index in [4.69, 9.17) is 5.41 Å². The second kappa shape index (κ2) is 4.69. The molecule has 2 aliphatic rings. The molecule has 2 aromatic heterocycles. The Balaban J connectivity index is 1.91. The quantitative estimate of drug-likeness (QED) is 0.822. The second-order valence-corrected chi connectivity index (χ2v) is 6.24. The molecule has 1 unspecified atom stereocenters. The smallest absolute Gasteiger partial charge is 0.311 e. The van der Waals surface area contributed by atoms with Crippen molar-refractivity contribution in [1.29, 1.82) is 5.41 Å². The van der Waals surface area contributed by atoms with Crippen LogP contribution in [0.1, 0.15) is 30.5 Å². The van der Waals surface area contributed by atoms with Crippen LogP contribution in [0.5, 0.6) is 0 Å². The van der Waals surface area contributed by atoms with E-state index in [1.54, 1.807) is 6.20 Å². The Kier molecular flexibility index (Phi) is 2.89. The molecule has 1 aliphatic heterocycles. The maximum absolute atomic E-state index is 14.0. The van der Waals surface area contributed by atoms with E-state index in [0.717, 1.165) is 48.2 Å². The molecule has 2 aromatic rings. The van der Waals surface area contributed by atoms with E-state index in [2.05, 4.69) is 19.9 Å². The summed E-state index contributed by atoms with van der Waals surface area (Å²) in [4.78, 5) is 14.5. The number of aromatic nitrogens is 3. The normalized spacial score (nSPS) is 24.3. The number of anilines is 1. The predicted octanol–water partition coefficient (Wildman–Crippen LogP) is 2.79. The molecule has 0 amide bonds. The first-order valence-corrected chi connectivity index (χ1v) is 7.72. The highest BCUT2D eigenvalue weighted by atomic mass is 19.1. The zero-order chi connectivity index (χ0) is 15.4. The van der Waals surface area contributed by atoms with Gasteiger partial charge in [0.15, 0.2) is 0 Å². The van der Waals surface area contributed by atoms with Gasteiger partial charge in [0.2, 0.25) is 0 Å². The third-order valence-electron chi connectivity index (χ3n) is 4.95. The fourth-order valence-corrected chi connectivity index (χ4v) is 3.51. The van der Waals surface area contributed by atoms with E-state index in [0.29, 0.717) is 17.3 Å². The lowest BCUT2D eigenvalue weighted by Gasteiger charge is -2.23. The number of halogens is 1. The molecule has 3 heterocycles. The maximum Gasteiger partial charge on any atom is 0.311 e. The molecule has 1 N–H and O–H groups in total. The maximum atomic E-state index is 14.0. The van der Waals surface area contributed by atoms with Crippen molar-refractivity contribution in [2.75, 3.05) is 11.4 Å². The van der Waals surface area contributed by atoms with Crippen LogP contribution < -0.4 is 4.90 Å². The van der Waals surface area contributed by atoms with Crippen LogP contribution in [0.3, 0.4) is 0 Å². The van der Waals surface area contributed by atoms with Crippen molar-refractivity contribution >= 4 is 22.4 Å². The van der Waals surface area contributed by atoms with Crippen molar-refractivity contribution in [3.8, 4) is 0 Å². The van der Waals surface area contributed by atoms with Crippen LogP contribution in [0.25, 0.3) is 10.9 Å². The summed E-state index contributed by atoms with van der Waals surface area (Å²) in [6, 6.07) is 0.0848. The number of nitrogens with zero attached hydrogens (tertiary/aromatic N) is 4. The highest BCUT2D eigenvalue weighted by Crippen LogP contribution is 2.42. The predicted molar refractivity (Wildman–Crippen MR) is 83.0 cm³/mol. The zero-order valence-corrected chi connectivity index (χ0v) is 12.7. The second-order valence-electron chi connectivity index (χ2n) is 6.24. The molecule has 1 aliphatic carbocycles. The molecule has 0 spiro atoms. The van der Waals surface area contributed by atoms with Crippen molar-refractivity contribution in [1.82, 2.24) is 15.0 Å². The van der Waals surface area contributed by atoms with Crippen LogP contribution in [-0.4, -0.2) is 33.3 Å². The van der Waals surface area contributed by atoms with Crippen molar-refractivity contribution < 1.29 is 4.39 Å². The Morgan fingerprint density at radius 1 is 1.27 bits per heavy atom. The summed E-state index contributed by atoms with van der Waals surface area (Å²) in [5.41, 5.74) is 3.12. The lowest BCUT2D eigenvalue weighted by molar-refractivity contribution is 0.541. The van der Waals surface area contributed by atoms with Crippen molar-refractivity contribution in [2.45, 2.75) is 39.2 Å². The topological polar surface area (TPSA) is 65.8 Å². The summed E-state index contributed by atoms with van der Waals surface area (Å²) < 4.78 is 14.0. The van der Waals surface area contributed by atoms with Gasteiger partial charge in [-0.3, -0.25) is 4.98 Å². The lowest BCUT2D eigenvalue weighted by atomic mass is 10.1. The van der Waals surface area contributed by atoms with Gasteiger partial charge in [-0.05, 0) is 32.3 Å². The molecule has 2 fully saturated rings. The number of pyridine rings is 1. The average Bonchev–Trinajstić information content (AvgIpc) is 3.18. The number of hydrogen-bond donors (Lipinski definition) is 1. The van der Waals surface area contributed by atoms with Crippen LogP contribution in [0, 0.1) is 31.3 Å². The highest BCUT2D eigenvalue weighted by Gasteiger charge is 2.50. The largest absolute Gasteiger partial charge is 0.347 e. The molecule has 0 aromatic carbocycles. The van der Waals surface area contributed by atoms with Gasteiger partial charge in [0, 0.05) is 30.1 Å². The minimum atomic E-state index is -0.704. The number of rotatable bonds is 1. The van der Waals surface area contributed by atoms with Crippen molar-refractivity contribution in [3.05, 3.63) is 23.5 Å². The average molecular weight is 299 g/mol. The van der Waals surface area contributed by atoms with Crippen LogP contribution in [0.2, 0.25) is 0 Å². The van der Waals surface area contributed by atoms with Gasteiger partial charge in [0.25, 0.3) is 0 Å². The van der Waals surface area contributed by atoms with E-state index in [1.165, 1.54) is 0 Å². The Labute approximate surface area is 128 Å². The van der Waals surface area contributed by atoms with Gasteiger partial charge < -0.3 is 10.3 Å². The van der Waals surface area contributed by atoms with Gasteiger partial charge in [-0.2, -0.15) is 9.37 Å².